The van der Waals surface area contributed by atoms with Gasteiger partial charge in [-0.3, -0.25) is 4.79 Å². The summed E-state index contributed by atoms with van der Waals surface area (Å²) in [6.07, 6.45) is 4.60. The van der Waals surface area contributed by atoms with Crippen LogP contribution in [-0.4, -0.2) is 40.1 Å². The summed E-state index contributed by atoms with van der Waals surface area (Å²) in [7, 11) is 0. The van der Waals surface area contributed by atoms with Crippen molar-refractivity contribution in [3.8, 4) is 0 Å². The summed E-state index contributed by atoms with van der Waals surface area (Å²) in [6.45, 7) is 3.76. The Kier molecular flexibility index (Phi) is 4.38. The highest BCUT2D eigenvalue weighted by Gasteiger charge is 2.46. The van der Waals surface area contributed by atoms with E-state index >= 15 is 0 Å². The van der Waals surface area contributed by atoms with Gasteiger partial charge < -0.3 is 10.2 Å². The monoisotopic (exact) mass is 336 g/mol. The van der Waals surface area contributed by atoms with Gasteiger partial charge in [-0.2, -0.15) is 5.10 Å². The van der Waals surface area contributed by atoms with E-state index in [0.29, 0.717) is 17.9 Å². The molecule has 2 heterocycles. The normalized spacial score (nSPS) is 23.3. The molecular weight excluding hydrogens is 312 g/mol. The molecule has 25 heavy (non-hydrogen) atoms. The van der Waals surface area contributed by atoms with Crippen LogP contribution in [0.15, 0.2) is 42.6 Å². The Morgan fingerprint density at radius 3 is 2.76 bits per heavy atom. The zero-order chi connectivity index (χ0) is 17.2. The van der Waals surface area contributed by atoms with Crippen molar-refractivity contribution in [1.29, 1.82) is 0 Å². The van der Waals surface area contributed by atoms with E-state index < -0.39 is 0 Å². The first-order valence-corrected chi connectivity index (χ1v) is 9.10. The molecular formula is C20H24N4O. The van der Waals surface area contributed by atoms with Crippen molar-refractivity contribution in [2.75, 3.05) is 18.4 Å². The highest BCUT2D eigenvalue weighted by molar-refractivity contribution is 5.83. The number of nitrogens with zero attached hydrogens (tertiary/aromatic N) is 3. The zero-order valence-electron chi connectivity index (χ0n) is 14.6. The molecule has 0 radical (unpaired) electrons. The van der Waals surface area contributed by atoms with Crippen LogP contribution in [0, 0.1) is 12.8 Å². The number of aryl methyl sites for hydroxylation is 1. The van der Waals surface area contributed by atoms with Crippen LogP contribution in [0.5, 0.6) is 0 Å². The largest absolute Gasteiger partial charge is 0.366 e. The minimum absolute atomic E-state index is 0.186. The molecule has 1 saturated carbocycles. The molecule has 130 valence electrons. The maximum Gasteiger partial charge on any atom is 0.226 e. The number of carbonyl (C=O) groups is 1. The molecule has 2 atom stereocenters. The molecule has 1 aliphatic carbocycles. The second kappa shape index (κ2) is 6.82. The Hall–Kier alpha value is -2.43. The van der Waals surface area contributed by atoms with E-state index in [-0.39, 0.29) is 5.92 Å². The number of hydrogen-bond acceptors (Lipinski definition) is 4. The molecule has 2 aliphatic rings. The average Bonchev–Trinajstić information content (AvgIpc) is 3.43. The number of rotatable bonds is 4. The van der Waals surface area contributed by atoms with Crippen LogP contribution < -0.4 is 5.32 Å². The van der Waals surface area contributed by atoms with Gasteiger partial charge in [0.2, 0.25) is 5.91 Å². The van der Waals surface area contributed by atoms with E-state index in [2.05, 4.69) is 51.6 Å². The summed E-state index contributed by atoms with van der Waals surface area (Å²) >= 11 is 0. The van der Waals surface area contributed by atoms with E-state index in [0.717, 1.165) is 38.2 Å². The first-order chi connectivity index (χ1) is 12.2. The van der Waals surface area contributed by atoms with Gasteiger partial charge in [0.1, 0.15) is 5.82 Å². The second-order valence-electron chi connectivity index (χ2n) is 7.22. The lowest BCUT2D eigenvalue weighted by atomic mass is 10.0. The average molecular weight is 336 g/mol. The number of nitrogens with one attached hydrogen (secondary N) is 1. The van der Waals surface area contributed by atoms with Gasteiger partial charge in [0.15, 0.2) is 0 Å². The van der Waals surface area contributed by atoms with Gasteiger partial charge in [-0.25, -0.2) is 0 Å². The number of amides is 1. The fraction of sp³-hybridized carbons (Fsp3) is 0.450. The number of carbonyl (C=O) groups excluding carboxylic acids is 1. The van der Waals surface area contributed by atoms with E-state index in [1.807, 2.05) is 12.1 Å². The molecule has 1 amide bonds. The molecule has 1 aromatic heterocycles. The van der Waals surface area contributed by atoms with Crippen LogP contribution in [0.2, 0.25) is 0 Å². The Morgan fingerprint density at radius 1 is 1.20 bits per heavy atom. The SMILES string of the molecule is Cc1cccc([C@H]2C[C@H]2C(=O)N2CCC(Nc3cccnn3)CC2)c1. The second-order valence-corrected chi connectivity index (χ2v) is 7.22. The van der Waals surface area contributed by atoms with Gasteiger partial charge in [0.05, 0.1) is 0 Å². The number of piperidine rings is 1. The Labute approximate surface area is 148 Å². The van der Waals surface area contributed by atoms with Gasteiger partial charge in [-0.1, -0.05) is 29.8 Å². The van der Waals surface area contributed by atoms with Crippen LogP contribution in [0.4, 0.5) is 5.82 Å². The lowest BCUT2D eigenvalue weighted by Crippen LogP contribution is -2.43. The molecule has 0 unspecified atom stereocenters. The van der Waals surface area contributed by atoms with Crippen LogP contribution in [0.25, 0.3) is 0 Å². The summed E-state index contributed by atoms with van der Waals surface area (Å²) in [4.78, 5) is 14.8. The van der Waals surface area contributed by atoms with Gasteiger partial charge in [-0.05, 0) is 49.8 Å². The van der Waals surface area contributed by atoms with E-state index in [9.17, 15) is 4.79 Å². The topological polar surface area (TPSA) is 58.1 Å². The molecule has 5 heteroatoms. The molecule has 5 nitrogen and oxygen atoms in total. The summed E-state index contributed by atoms with van der Waals surface area (Å²) in [5.41, 5.74) is 2.59. The van der Waals surface area contributed by atoms with Gasteiger partial charge in [0, 0.05) is 31.2 Å². The molecule has 1 aliphatic heterocycles. The molecule has 2 aromatic rings. The van der Waals surface area contributed by atoms with Crippen molar-refractivity contribution in [3.63, 3.8) is 0 Å². The van der Waals surface area contributed by atoms with Crippen LogP contribution in [0.1, 0.15) is 36.3 Å². The van der Waals surface area contributed by atoms with Crippen molar-refractivity contribution in [3.05, 3.63) is 53.7 Å². The predicted octanol–water partition coefficient (Wildman–Crippen LogP) is 2.99. The molecule has 2 fully saturated rings. The quantitative estimate of drug-likeness (QED) is 0.932. The fourth-order valence-corrected chi connectivity index (χ4v) is 3.80. The number of likely N-dealkylation sites (tertiary alicyclic amines) is 1. The standard InChI is InChI=1S/C20H24N4O/c1-14-4-2-5-15(12-14)17-13-18(17)20(25)24-10-7-16(8-11-24)22-19-6-3-9-21-23-19/h2-6,9,12,16-18H,7-8,10-11,13H2,1H3,(H,22,23)/t17-,18-/m1/s1. The van der Waals surface area contributed by atoms with E-state index in [4.69, 9.17) is 0 Å². The van der Waals surface area contributed by atoms with Crippen molar-refractivity contribution < 1.29 is 4.79 Å². The summed E-state index contributed by atoms with van der Waals surface area (Å²) in [5, 5.41) is 11.4. The Bertz CT molecular complexity index is 740. The summed E-state index contributed by atoms with van der Waals surface area (Å²) in [5.74, 6) is 1.76. The van der Waals surface area contributed by atoms with Crippen LogP contribution in [-0.2, 0) is 4.79 Å². The molecule has 1 saturated heterocycles. The van der Waals surface area contributed by atoms with Crippen molar-refractivity contribution in [2.45, 2.75) is 38.1 Å². The molecule has 0 spiro atoms. The Morgan fingerprint density at radius 2 is 2.04 bits per heavy atom. The van der Waals surface area contributed by atoms with Gasteiger partial charge in [-0.15, -0.1) is 5.10 Å². The third kappa shape index (κ3) is 3.65. The Balaban J connectivity index is 1.29. The highest BCUT2D eigenvalue weighted by atomic mass is 16.2. The third-order valence-electron chi connectivity index (χ3n) is 5.31. The van der Waals surface area contributed by atoms with Crippen molar-refractivity contribution in [2.24, 2.45) is 5.92 Å². The maximum atomic E-state index is 12.8. The minimum atomic E-state index is 0.186. The number of aromatic nitrogens is 2. The predicted molar refractivity (Wildman–Crippen MR) is 97.3 cm³/mol. The first-order valence-electron chi connectivity index (χ1n) is 9.10. The van der Waals surface area contributed by atoms with Crippen LogP contribution in [0.3, 0.4) is 0 Å². The zero-order valence-corrected chi connectivity index (χ0v) is 14.6. The lowest BCUT2D eigenvalue weighted by Gasteiger charge is -2.32. The van der Waals surface area contributed by atoms with Gasteiger partial charge in [0.25, 0.3) is 0 Å². The van der Waals surface area contributed by atoms with Crippen LogP contribution >= 0.6 is 0 Å². The summed E-state index contributed by atoms with van der Waals surface area (Å²) < 4.78 is 0. The molecule has 4 rings (SSSR count). The highest BCUT2D eigenvalue weighted by Crippen LogP contribution is 2.48. The van der Waals surface area contributed by atoms with Crippen molar-refractivity contribution >= 4 is 11.7 Å². The number of benzene rings is 1. The van der Waals surface area contributed by atoms with E-state index in [1.54, 1.807) is 6.20 Å². The third-order valence-corrected chi connectivity index (χ3v) is 5.31. The fourth-order valence-electron chi connectivity index (χ4n) is 3.80. The molecule has 1 aromatic carbocycles. The van der Waals surface area contributed by atoms with E-state index in [1.165, 1.54) is 11.1 Å². The van der Waals surface area contributed by atoms with Crippen molar-refractivity contribution in [1.82, 2.24) is 15.1 Å². The number of hydrogen-bond donors (Lipinski definition) is 1. The molecule has 0 bridgehead atoms. The first kappa shape index (κ1) is 16.1. The molecule has 1 N–H and O–H groups in total. The lowest BCUT2D eigenvalue weighted by molar-refractivity contribution is -0.133. The number of anilines is 1. The van der Waals surface area contributed by atoms with Gasteiger partial charge >= 0.3 is 0 Å². The smallest absolute Gasteiger partial charge is 0.226 e. The summed E-state index contributed by atoms with van der Waals surface area (Å²) in [6, 6.07) is 12.8. The maximum absolute atomic E-state index is 12.8. The minimum Gasteiger partial charge on any atom is -0.366 e.